The molecule has 0 atom stereocenters. The minimum atomic E-state index is -4.67. The number of anilines is 1. The number of amides is 1. The van der Waals surface area contributed by atoms with Crippen molar-refractivity contribution in [2.45, 2.75) is 10.7 Å². The lowest BCUT2D eigenvalue weighted by Gasteiger charge is -2.09. The van der Waals surface area contributed by atoms with Gasteiger partial charge in [-0.2, -0.15) is 8.78 Å². The van der Waals surface area contributed by atoms with E-state index < -0.39 is 26.4 Å². The second kappa shape index (κ2) is 9.83. The highest BCUT2D eigenvalue weighted by Crippen LogP contribution is 2.28. The molecule has 0 aliphatic carbocycles. The Bertz CT molecular complexity index is 1000. The number of hydrogen-bond acceptors (Lipinski definition) is 5. The molecule has 2 aromatic carbocycles. The molecule has 0 aliphatic rings. The first-order chi connectivity index (χ1) is 13.8. The number of nitrogens with one attached hydrogen (secondary N) is 1. The molecule has 0 saturated heterocycles. The highest BCUT2D eigenvalue weighted by atomic mass is 32.2. The normalized spacial score (nSPS) is 11.4. The molecule has 0 heterocycles. The van der Waals surface area contributed by atoms with Crippen LogP contribution in [0.4, 0.5) is 14.5 Å². The van der Waals surface area contributed by atoms with Crippen molar-refractivity contribution >= 4 is 27.5 Å². The van der Waals surface area contributed by atoms with Gasteiger partial charge < -0.3 is 14.8 Å². The first-order valence-corrected chi connectivity index (χ1v) is 9.85. The third-order valence-electron chi connectivity index (χ3n) is 3.66. The molecule has 1 N–H and O–H groups in total. The maximum absolute atomic E-state index is 12.5. The molecule has 1 amide bonds. The minimum Gasteiger partial charge on any atom is -0.493 e. The Morgan fingerprint density at radius 2 is 1.86 bits per heavy atom. The fourth-order valence-corrected chi connectivity index (χ4v) is 2.96. The SMILES string of the molecule is C=CCOc1ccc(/C=C/C(=O)Nc2ccc(S(=O)(=O)C(F)F)cc2)cc1OC. The molecule has 0 aromatic heterocycles. The van der Waals surface area contributed by atoms with Gasteiger partial charge in [-0.15, -0.1) is 0 Å². The van der Waals surface area contributed by atoms with Crippen molar-refractivity contribution in [3.8, 4) is 11.5 Å². The molecular weight excluding hydrogens is 404 g/mol. The van der Waals surface area contributed by atoms with Gasteiger partial charge in [0.05, 0.1) is 12.0 Å². The molecule has 0 radical (unpaired) electrons. The van der Waals surface area contributed by atoms with E-state index in [2.05, 4.69) is 11.9 Å². The lowest BCUT2D eigenvalue weighted by Crippen LogP contribution is -2.12. The van der Waals surface area contributed by atoms with E-state index in [4.69, 9.17) is 9.47 Å². The Hall–Kier alpha value is -3.20. The van der Waals surface area contributed by atoms with Crippen molar-refractivity contribution in [2.24, 2.45) is 0 Å². The highest BCUT2D eigenvalue weighted by molar-refractivity contribution is 7.91. The molecule has 0 unspecified atom stereocenters. The molecule has 0 bridgehead atoms. The van der Waals surface area contributed by atoms with Crippen LogP contribution in [0.5, 0.6) is 11.5 Å². The molecule has 154 valence electrons. The Morgan fingerprint density at radius 3 is 2.45 bits per heavy atom. The van der Waals surface area contributed by atoms with Crippen LogP contribution in [0.1, 0.15) is 5.56 Å². The summed E-state index contributed by atoms with van der Waals surface area (Å²) in [6.07, 6.45) is 4.42. The second-order valence-corrected chi connectivity index (χ2v) is 7.58. The summed E-state index contributed by atoms with van der Waals surface area (Å²) >= 11 is 0. The van der Waals surface area contributed by atoms with Gasteiger partial charge in [-0.1, -0.05) is 18.7 Å². The molecule has 0 saturated carbocycles. The van der Waals surface area contributed by atoms with E-state index in [0.29, 0.717) is 23.7 Å². The first kappa shape index (κ1) is 22.1. The van der Waals surface area contributed by atoms with Crippen LogP contribution in [-0.2, 0) is 14.6 Å². The highest BCUT2D eigenvalue weighted by Gasteiger charge is 2.26. The van der Waals surface area contributed by atoms with Crippen LogP contribution in [0.15, 0.2) is 66.1 Å². The van der Waals surface area contributed by atoms with Crippen molar-refractivity contribution < 1.29 is 31.5 Å². The lowest BCUT2D eigenvalue weighted by atomic mass is 10.2. The summed E-state index contributed by atoms with van der Waals surface area (Å²) in [4.78, 5) is 11.5. The third kappa shape index (κ3) is 5.89. The summed E-state index contributed by atoms with van der Waals surface area (Å²) in [5.74, 6) is -2.96. The van der Waals surface area contributed by atoms with Gasteiger partial charge in [-0.3, -0.25) is 4.79 Å². The Kier molecular flexibility index (Phi) is 7.49. The zero-order valence-corrected chi connectivity index (χ0v) is 16.3. The topological polar surface area (TPSA) is 81.7 Å². The van der Waals surface area contributed by atoms with Crippen LogP contribution in [-0.4, -0.2) is 33.8 Å². The van der Waals surface area contributed by atoms with Crippen LogP contribution in [0.2, 0.25) is 0 Å². The van der Waals surface area contributed by atoms with E-state index in [1.54, 1.807) is 30.4 Å². The number of alkyl halides is 2. The van der Waals surface area contributed by atoms with Crippen LogP contribution >= 0.6 is 0 Å². The summed E-state index contributed by atoms with van der Waals surface area (Å²) in [5, 5.41) is 2.51. The monoisotopic (exact) mass is 423 g/mol. The van der Waals surface area contributed by atoms with Gasteiger partial charge in [0.2, 0.25) is 15.7 Å². The Morgan fingerprint density at radius 1 is 1.17 bits per heavy atom. The van der Waals surface area contributed by atoms with Gasteiger partial charge in [-0.25, -0.2) is 8.42 Å². The summed E-state index contributed by atoms with van der Waals surface area (Å²) in [7, 11) is -3.18. The Balaban J connectivity index is 2.05. The van der Waals surface area contributed by atoms with E-state index in [-0.39, 0.29) is 5.69 Å². The molecule has 9 heteroatoms. The Labute approximate surface area is 167 Å². The zero-order chi connectivity index (χ0) is 21.4. The lowest BCUT2D eigenvalue weighted by molar-refractivity contribution is -0.111. The molecule has 2 rings (SSSR count). The third-order valence-corrected chi connectivity index (χ3v) is 5.05. The summed E-state index contributed by atoms with van der Waals surface area (Å²) < 4.78 is 58.5. The zero-order valence-electron chi connectivity index (χ0n) is 15.5. The predicted molar refractivity (Wildman–Crippen MR) is 106 cm³/mol. The molecule has 6 nitrogen and oxygen atoms in total. The van der Waals surface area contributed by atoms with Crippen molar-refractivity contribution in [3.05, 3.63) is 66.8 Å². The number of carbonyl (C=O) groups excluding carboxylic acids is 1. The summed E-state index contributed by atoms with van der Waals surface area (Å²) in [5.41, 5.74) is 0.944. The number of benzene rings is 2. The predicted octanol–water partition coefficient (Wildman–Crippen LogP) is 3.91. The van der Waals surface area contributed by atoms with Crippen LogP contribution in [0.3, 0.4) is 0 Å². The molecule has 0 aliphatic heterocycles. The number of ether oxygens (including phenoxy) is 2. The van der Waals surface area contributed by atoms with E-state index in [0.717, 1.165) is 12.1 Å². The van der Waals surface area contributed by atoms with Crippen molar-refractivity contribution in [1.82, 2.24) is 0 Å². The van der Waals surface area contributed by atoms with Crippen molar-refractivity contribution in [3.63, 3.8) is 0 Å². The average Bonchev–Trinajstić information content (AvgIpc) is 2.71. The number of methoxy groups -OCH3 is 1. The summed E-state index contributed by atoms with van der Waals surface area (Å²) in [6, 6.07) is 9.59. The van der Waals surface area contributed by atoms with Gasteiger partial charge in [-0.05, 0) is 48.0 Å². The standard InChI is InChI=1S/C20H19F2NO5S/c1-3-12-28-17-10-4-14(13-18(17)27-2)5-11-19(24)23-15-6-8-16(9-7-15)29(25,26)20(21)22/h3-11,13,20H,1,12H2,2H3,(H,23,24)/b11-5+. The van der Waals surface area contributed by atoms with E-state index >= 15 is 0 Å². The smallest absolute Gasteiger partial charge is 0.341 e. The number of carbonyl (C=O) groups is 1. The van der Waals surface area contributed by atoms with Gasteiger partial charge in [0.15, 0.2) is 11.5 Å². The fourth-order valence-electron chi connectivity index (χ4n) is 2.24. The number of rotatable bonds is 9. The first-order valence-electron chi connectivity index (χ1n) is 8.31. The van der Waals surface area contributed by atoms with Gasteiger partial charge in [0, 0.05) is 11.8 Å². The van der Waals surface area contributed by atoms with Gasteiger partial charge >= 0.3 is 5.76 Å². The molecule has 0 fully saturated rings. The van der Waals surface area contributed by atoms with Crippen molar-refractivity contribution in [1.29, 1.82) is 0 Å². The summed E-state index contributed by atoms with van der Waals surface area (Å²) in [6.45, 7) is 3.90. The van der Waals surface area contributed by atoms with Crippen molar-refractivity contribution in [2.75, 3.05) is 19.0 Å². The second-order valence-electron chi connectivity index (χ2n) is 5.66. The van der Waals surface area contributed by atoms with E-state index in [1.807, 2.05) is 0 Å². The number of hydrogen-bond donors (Lipinski definition) is 1. The molecule has 2 aromatic rings. The number of halogens is 2. The molecule has 0 spiro atoms. The molecule has 29 heavy (non-hydrogen) atoms. The average molecular weight is 423 g/mol. The molecular formula is C20H19F2NO5S. The van der Waals surface area contributed by atoms with Crippen LogP contribution in [0.25, 0.3) is 6.08 Å². The van der Waals surface area contributed by atoms with E-state index in [1.165, 1.54) is 25.3 Å². The van der Waals surface area contributed by atoms with Crippen LogP contribution < -0.4 is 14.8 Å². The minimum absolute atomic E-state index is 0.263. The van der Waals surface area contributed by atoms with Crippen LogP contribution in [0, 0.1) is 0 Å². The largest absolute Gasteiger partial charge is 0.493 e. The maximum atomic E-state index is 12.5. The van der Waals surface area contributed by atoms with Gasteiger partial charge in [0.25, 0.3) is 0 Å². The van der Waals surface area contributed by atoms with Gasteiger partial charge in [0.1, 0.15) is 6.61 Å². The van der Waals surface area contributed by atoms with E-state index in [9.17, 15) is 22.0 Å². The quantitative estimate of drug-likeness (QED) is 0.489. The number of sulfone groups is 1. The maximum Gasteiger partial charge on any atom is 0.341 e. The fraction of sp³-hybridized carbons (Fsp3) is 0.150.